The first kappa shape index (κ1) is 17.1. The van der Waals surface area contributed by atoms with Crippen LogP contribution in [0.4, 0.5) is 5.82 Å². The monoisotopic (exact) mass is 380 g/mol. The molecule has 0 fully saturated rings. The van der Waals surface area contributed by atoms with Crippen molar-refractivity contribution in [1.82, 2.24) is 4.98 Å². The molecule has 1 aromatic carbocycles. The topological polar surface area (TPSA) is 69.7 Å². The summed E-state index contributed by atoms with van der Waals surface area (Å²) in [6, 6.07) is 8.81. The van der Waals surface area contributed by atoms with Crippen LogP contribution in [0.2, 0.25) is 0 Å². The van der Waals surface area contributed by atoms with Crippen molar-refractivity contribution in [3.8, 4) is 11.5 Å². The molecule has 6 nitrogen and oxygen atoms in total. The molecule has 0 aliphatic rings. The Labute approximate surface area is 142 Å². The van der Waals surface area contributed by atoms with Gasteiger partial charge in [-0.05, 0) is 40.2 Å². The lowest BCUT2D eigenvalue weighted by Gasteiger charge is -2.12. The first-order valence-corrected chi connectivity index (χ1v) is 7.57. The number of carbonyl (C=O) groups excluding carboxylic acids is 1. The number of aromatic nitrogens is 1. The molecule has 2 rings (SSSR count). The Morgan fingerprint density at radius 3 is 2.61 bits per heavy atom. The number of nitrogens with zero attached hydrogens (tertiary/aromatic N) is 1. The van der Waals surface area contributed by atoms with Gasteiger partial charge in [-0.2, -0.15) is 0 Å². The van der Waals surface area contributed by atoms with Crippen LogP contribution in [0.5, 0.6) is 11.5 Å². The van der Waals surface area contributed by atoms with Gasteiger partial charge in [0.05, 0.1) is 26.9 Å². The standard InChI is InChI=1S/C16H17BrN2O4/c1-21-12-5-4-10(13(8-12)22-2)9-18-15-7-11(16(20)23-3)6-14(17)19-15/h4-8H,9H2,1-3H3,(H,18,19). The molecule has 0 radical (unpaired) electrons. The number of hydrogen-bond acceptors (Lipinski definition) is 6. The second kappa shape index (κ2) is 7.82. The summed E-state index contributed by atoms with van der Waals surface area (Å²) < 4.78 is 15.8. The van der Waals surface area contributed by atoms with E-state index in [1.54, 1.807) is 26.4 Å². The molecule has 23 heavy (non-hydrogen) atoms. The highest BCUT2D eigenvalue weighted by atomic mass is 79.9. The molecule has 2 aromatic rings. The number of ether oxygens (including phenoxy) is 3. The zero-order chi connectivity index (χ0) is 16.8. The van der Waals surface area contributed by atoms with E-state index in [0.29, 0.717) is 28.3 Å². The first-order chi connectivity index (χ1) is 11.1. The van der Waals surface area contributed by atoms with Crippen molar-refractivity contribution in [3.63, 3.8) is 0 Å². The van der Waals surface area contributed by atoms with Gasteiger partial charge in [-0.15, -0.1) is 0 Å². The number of esters is 1. The minimum atomic E-state index is -0.418. The second-order valence-corrected chi connectivity index (χ2v) is 5.40. The van der Waals surface area contributed by atoms with Crippen LogP contribution in [0.3, 0.4) is 0 Å². The average Bonchev–Trinajstić information content (AvgIpc) is 2.58. The van der Waals surface area contributed by atoms with Crippen LogP contribution in [-0.4, -0.2) is 32.3 Å². The van der Waals surface area contributed by atoms with Crippen LogP contribution in [0, 0.1) is 0 Å². The van der Waals surface area contributed by atoms with E-state index in [2.05, 4.69) is 26.2 Å². The first-order valence-electron chi connectivity index (χ1n) is 6.78. The smallest absolute Gasteiger partial charge is 0.338 e. The summed E-state index contributed by atoms with van der Waals surface area (Å²) in [5.74, 6) is 1.56. The van der Waals surface area contributed by atoms with Gasteiger partial charge in [-0.1, -0.05) is 0 Å². The number of methoxy groups -OCH3 is 3. The molecule has 0 unspecified atom stereocenters. The molecule has 0 spiro atoms. The number of carbonyl (C=O) groups is 1. The van der Waals surface area contributed by atoms with Gasteiger partial charge in [0.1, 0.15) is 21.9 Å². The molecule has 0 atom stereocenters. The largest absolute Gasteiger partial charge is 0.497 e. The minimum Gasteiger partial charge on any atom is -0.497 e. The molecule has 0 saturated carbocycles. The maximum absolute atomic E-state index is 11.6. The predicted octanol–water partition coefficient (Wildman–Crippen LogP) is 3.26. The van der Waals surface area contributed by atoms with Crippen molar-refractivity contribution in [2.75, 3.05) is 26.6 Å². The molecule has 0 bridgehead atoms. The molecule has 1 heterocycles. The summed E-state index contributed by atoms with van der Waals surface area (Å²) >= 11 is 3.28. The van der Waals surface area contributed by atoms with Gasteiger partial charge in [-0.25, -0.2) is 9.78 Å². The summed E-state index contributed by atoms with van der Waals surface area (Å²) in [6.07, 6.45) is 0. The molecule has 0 amide bonds. The van der Waals surface area contributed by atoms with Crippen molar-refractivity contribution in [2.45, 2.75) is 6.54 Å². The zero-order valence-electron chi connectivity index (χ0n) is 13.1. The average molecular weight is 381 g/mol. The van der Waals surface area contributed by atoms with E-state index in [-0.39, 0.29) is 0 Å². The van der Waals surface area contributed by atoms with Gasteiger partial charge < -0.3 is 19.5 Å². The van der Waals surface area contributed by atoms with Gasteiger partial charge in [0.15, 0.2) is 0 Å². The molecular formula is C16H17BrN2O4. The Morgan fingerprint density at radius 2 is 1.96 bits per heavy atom. The molecule has 1 aromatic heterocycles. The number of benzene rings is 1. The van der Waals surface area contributed by atoms with E-state index in [9.17, 15) is 4.79 Å². The Hall–Kier alpha value is -2.28. The lowest BCUT2D eigenvalue weighted by Crippen LogP contribution is -2.07. The third kappa shape index (κ3) is 4.35. The van der Waals surface area contributed by atoms with Gasteiger partial charge in [-0.3, -0.25) is 0 Å². The fraction of sp³-hybridized carbons (Fsp3) is 0.250. The van der Waals surface area contributed by atoms with E-state index >= 15 is 0 Å². The number of pyridine rings is 1. The Kier molecular flexibility index (Phi) is 5.81. The summed E-state index contributed by atoms with van der Waals surface area (Å²) in [5, 5.41) is 3.16. The lowest BCUT2D eigenvalue weighted by atomic mass is 10.2. The highest BCUT2D eigenvalue weighted by Crippen LogP contribution is 2.25. The molecule has 7 heteroatoms. The fourth-order valence-corrected chi connectivity index (χ4v) is 2.44. The molecule has 0 aliphatic heterocycles. The van der Waals surface area contributed by atoms with E-state index in [0.717, 1.165) is 11.3 Å². The van der Waals surface area contributed by atoms with Crippen LogP contribution in [0.25, 0.3) is 0 Å². The van der Waals surface area contributed by atoms with Crippen LogP contribution >= 0.6 is 15.9 Å². The molecular weight excluding hydrogens is 364 g/mol. The molecule has 122 valence electrons. The van der Waals surface area contributed by atoms with Gasteiger partial charge >= 0.3 is 5.97 Å². The number of rotatable bonds is 6. The molecule has 0 saturated heterocycles. The minimum absolute atomic E-state index is 0.415. The number of halogens is 1. The van der Waals surface area contributed by atoms with Crippen molar-refractivity contribution in [2.24, 2.45) is 0 Å². The summed E-state index contributed by atoms with van der Waals surface area (Å²) in [4.78, 5) is 15.9. The summed E-state index contributed by atoms with van der Waals surface area (Å²) in [7, 11) is 4.55. The maximum Gasteiger partial charge on any atom is 0.338 e. The van der Waals surface area contributed by atoms with E-state index in [1.165, 1.54) is 7.11 Å². The van der Waals surface area contributed by atoms with E-state index in [1.807, 2.05) is 18.2 Å². The Bertz CT molecular complexity index is 706. The molecule has 1 N–H and O–H groups in total. The van der Waals surface area contributed by atoms with Crippen LogP contribution in [0.15, 0.2) is 34.9 Å². The number of hydrogen-bond donors (Lipinski definition) is 1. The van der Waals surface area contributed by atoms with Crippen molar-refractivity contribution in [1.29, 1.82) is 0 Å². The Balaban J connectivity index is 2.18. The SMILES string of the molecule is COC(=O)c1cc(Br)nc(NCc2ccc(OC)cc2OC)c1. The van der Waals surface area contributed by atoms with Gasteiger partial charge in [0.25, 0.3) is 0 Å². The second-order valence-electron chi connectivity index (χ2n) is 4.59. The lowest BCUT2D eigenvalue weighted by molar-refractivity contribution is 0.0600. The highest BCUT2D eigenvalue weighted by Gasteiger charge is 2.10. The maximum atomic E-state index is 11.6. The predicted molar refractivity (Wildman–Crippen MR) is 90.1 cm³/mol. The highest BCUT2D eigenvalue weighted by molar-refractivity contribution is 9.10. The molecule has 0 aliphatic carbocycles. The van der Waals surface area contributed by atoms with Crippen LogP contribution < -0.4 is 14.8 Å². The Morgan fingerprint density at radius 1 is 1.17 bits per heavy atom. The third-order valence-electron chi connectivity index (χ3n) is 3.17. The van der Waals surface area contributed by atoms with E-state index < -0.39 is 5.97 Å². The quantitative estimate of drug-likeness (QED) is 0.612. The fourth-order valence-electron chi connectivity index (χ4n) is 2.01. The van der Waals surface area contributed by atoms with Crippen molar-refractivity contribution < 1.29 is 19.0 Å². The number of anilines is 1. The van der Waals surface area contributed by atoms with E-state index in [4.69, 9.17) is 14.2 Å². The zero-order valence-corrected chi connectivity index (χ0v) is 14.6. The summed E-state index contributed by atoms with van der Waals surface area (Å²) in [6.45, 7) is 0.483. The van der Waals surface area contributed by atoms with Crippen molar-refractivity contribution >= 4 is 27.7 Å². The van der Waals surface area contributed by atoms with Crippen LogP contribution in [0.1, 0.15) is 15.9 Å². The van der Waals surface area contributed by atoms with Gasteiger partial charge in [0.2, 0.25) is 0 Å². The third-order valence-corrected chi connectivity index (χ3v) is 3.58. The van der Waals surface area contributed by atoms with Crippen molar-refractivity contribution in [3.05, 3.63) is 46.1 Å². The number of nitrogens with one attached hydrogen (secondary N) is 1. The van der Waals surface area contributed by atoms with Gasteiger partial charge in [0, 0.05) is 18.2 Å². The normalized spacial score (nSPS) is 10.1. The van der Waals surface area contributed by atoms with Crippen LogP contribution in [-0.2, 0) is 11.3 Å². The summed E-state index contributed by atoms with van der Waals surface area (Å²) in [5.41, 5.74) is 1.35.